The van der Waals surface area contributed by atoms with Crippen LogP contribution >= 0.6 is 11.6 Å². The largest absolute Gasteiger partial charge is 0.314 e. The average Bonchev–Trinajstić information content (AvgIpc) is 3.08. The van der Waals surface area contributed by atoms with Crippen LogP contribution in [-0.4, -0.2) is 12.6 Å². The lowest BCUT2D eigenvalue weighted by Crippen LogP contribution is -2.17. The van der Waals surface area contributed by atoms with Gasteiger partial charge in [0.2, 0.25) is 0 Å². The molecule has 0 amide bonds. The van der Waals surface area contributed by atoms with Crippen molar-refractivity contribution in [2.24, 2.45) is 0 Å². The van der Waals surface area contributed by atoms with E-state index in [1.807, 2.05) is 6.07 Å². The summed E-state index contributed by atoms with van der Waals surface area (Å²) in [4.78, 5) is 0. The van der Waals surface area contributed by atoms with Crippen molar-refractivity contribution in [3.05, 3.63) is 34.1 Å². The molecule has 1 aliphatic carbocycles. The Morgan fingerprint density at radius 3 is 2.82 bits per heavy atom. The van der Waals surface area contributed by atoms with Crippen molar-refractivity contribution in [2.75, 3.05) is 6.54 Å². The first-order valence-electron chi connectivity index (χ1n) is 6.34. The summed E-state index contributed by atoms with van der Waals surface area (Å²) in [6, 6.07) is 4.08. The minimum atomic E-state index is -0.214. The molecule has 1 aliphatic rings. The molecule has 1 aromatic rings. The zero-order chi connectivity index (χ0) is 12.3. The summed E-state index contributed by atoms with van der Waals surface area (Å²) in [5.41, 5.74) is 1.75. The fraction of sp³-hybridized carbons (Fsp3) is 0.571. The lowest BCUT2D eigenvalue weighted by Gasteiger charge is -2.07. The number of halogens is 2. The summed E-state index contributed by atoms with van der Waals surface area (Å²) in [5.74, 6) is -0.214. The topological polar surface area (TPSA) is 12.0 Å². The van der Waals surface area contributed by atoms with Gasteiger partial charge in [0, 0.05) is 11.1 Å². The van der Waals surface area contributed by atoms with Crippen LogP contribution in [0.3, 0.4) is 0 Å². The van der Waals surface area contributed by atoms with Crippen molar-refractivity contribution in [1.29, 1.82) is 0 Å². The van der Waals surface area contributed by atoms with Crippen molar-refractivity contribution in [2.45, 2.75) is 45.1 Å². The molecule has 1 fully saturated rings. The molecule has 94 valence electrons. The molecule has 0 unspecified atom stereocenters. The van der Waals surface area contributed by atoms with Gasteiger partial charge < -0.3 is 5.32 Å². The van der Waals surface area contributed by atoms with Crippen LogP contribution in [0.25, 0.3) is 0 Å². The van der Waals surface area contributed by atoms with Crippen LogP contribution in [0.15, 0.2) is 12.1 Å². The van der Waals surface area contributed by atoms with Gasteiger partial charge in [-0.2, -0.15) is 0 Å². The average molecular weight is 256 g/mol. The van der Waals surface area contributed by atoms with Crippen LogP contribution < -0.4 is 5.32 Å². The Morgan fingerprint density at radius 1 is 1.35 bits per heavy atom. The number of aryl methyl sites for hydroxylation is 2. The maximum absolute atomic E-state index is 13.2. The van der Waals surface area contributed by atoms with Crippen LogP contribution in [0.5, 0.6) is 0 Å². The van der Waals surface area contributed by atoms with Gasteiger partial charge in [0.1, 0.15) is 5.82 Å². The number of benzene rings is 1. The second kappa shape index (κ2) is 5.83. The fourth-order valence-corrected chi connectivity index (χ4v) is 2.19. The normalized spacial score (nSPS) is 15.2. The number of unbranched alkanes of at least 4 members (excludes halogenated alkanes) is 1. The molecule has 0 spiro atoms. The Balaban J connectivity index is 1.75. The summed E-state index contributed by atoms with van der Waals surface area (Å²) in [6.07, 6.45) is 5.87. The first-order chi connectivity index (χ1) is 8.16. The smallest absolute Gasteiger partial charge is 0.127 e. The minimum absolute atomic E-state index is 0.214. The molecule has 0 aromatic heterocycles. The van der Waals surface area contributed by atoms with Crippen LogP contribution in [0.1, 0.15) is 36.8 Å². The summed E-state index contributed by atoms with van der Waals surface area (Å²) in [5, 5.41) is 4.04. The first kappa shape index (κ1) is 12.8. The van der Waals surface area contributed by atoms with Gasteiger partial charge in [-0.15, -0.1) is 0 Å². The van der Waals surface area contributed by atoms with E-state index in [4.69, 9.17) is 11.6 Å². The molecule has 0 aliphatic heterocycles. The molecule has 0 atom stereocenters. The number of nitrogens with one attached hydrogen (secondary N) is 1. The molecule has 0 saturated heterocycles. The summed E-state index contributed by atoms with van der Waals surface area (Å²) < 4.78 is 13.2. The molecule has 0 radical (unpaired) electrons. The number of rotatable bonds is 6. The lowest BCUT2D eigenvalue weighted by atomic mass is 10.1. The second-order valence-electron chi connectivity index (χ2n) is 4.88. The van der Waals surface area contributed by atoms with E-state index < -0.39 is 0 Å². The zero-order valence-corrected chi connectivity index (χ0v) is 11.0. The van der Waals surface area contributed by atoms with Crippen LogP contribution in [0, 0.1) is 12.7 Å². The third kappa shape index (κ3) is 3.97. The number of hydrogen-bond donors (Lipinski definition) is 1. The van der Waals surface area contributed by atoms with Gasteiger partial charge in [-0.05, 0) is 62.8 Å². The highest BCUT2D eigenvalue weighted by Crippen LogP contribution is 2.22. The summed E-state index contributed by atoms with van der Waals surface area (Å²) in [7, 11) is 0. The second-order valence-corrected chi connectivity index (χ2v) is 5.29. The third-order valence-electron chi connectivity index (χ3n) is 3.21. The molecule has 0 heterocycles. The van der Waals surface area contributed by atoms with Gasteiger partial charge in [0.15, 0.2) is 0 Å². The van der Waals surface area contributed by atoms with Gasteiger partial charge in [0.05, 0.1) is 0 Å². The van der Waals surface area contributed by atoms with Crippen molar-refractivity contribution >= 4 is 11.6 Å². The Labute approximate surface area is 107 Å². The SMILES string of the molecule is Cc1cc(CCCCNC2CC2)c(Cl)cc1F. The Morgan fingerprint density at radius 2 is 2.12 bits per heavy atom. The minimum Gasteiger partial charge on any atom is -0.314 e. The highest BCUT2D eigenvalue weighted by atomic mass is 35.5. The van der Waals surface area contributed by atoms with E-state index in [0.29, 0.717) is 10.6 Å². The van der Waals surface area contributed by atoms with E-state index in [0.717, 1.165) is 37.4 Å². The van der Waals surface area contributed by atoms with Crippen molar-refractivity contribution in [3.8, 4) is 0 Å². The zero-order valence-electron chi connectivity index (χ0n) is 10.2. The van der Waals surface area contributed by atoms with Gasteiger partial charge in [-0.1, -0.05) is 17.7 Å². The van der Waals surface area contributed by atoms with E-state index in [-0.39, 0.29) is 5.82 Å². The Hall–Kier alpha value is -0.600. The van der Waals surface area contributed by atoms with Gasteiger partial charge in [-0.25, -0.2) is 4.39 Å². The van der Waals surface area contributed by atoms with Crippen molar-refractivity contribution in [3.63, 3.8) is 0 Å². The van der Waals surface area contributed by atoms with Crippen molar-refractivity contribution in [1.82, 2.24) is 5.32 Å². The molecule has 3 heteroatoms. The van der Waals surface area contributed by atoms with Gasteiger partial charge in [0.25, 0.3) is 0 Å². The molecule has 2 rings (SSSR count). The maximum Gasteiger partial charge on any atom is 0.127 e. The quantitative estimate of drug-likeness (QED) is 0.761. The van der Waals surface area contributed by atoms with Crippen LogP contribution in [-0.2, 0) is 6.42 Å². The predicted molar refractivity (Wildman–Crippen MR) is 70.1 cm³/mol. The maximum atomic E-state index is 13.2. The number of hydrogen-bond acceptors (Lipinski definition) is 1. The predicted octanol–water partition coefficient (Wildman–Crippen LogP) is 3.86. The van der Waals surface area contributed by atoms with Crippen LogP contribution in [0.4, 0.5) is 4.39 Å². The van der Waals surface area contributed by atoms with E-state index in [1.165, 1.54) is 18.9 Å². The first-order valence-corrected chi connectivity index (χ1v) is 6.72. The molecule has 1 N–H and O–H groups in total. The monoisotopic (exact) mass is 255 g/mol. The van der Waals surface area contributed by atoms with E-state index in [2.05, 4.69) is 5.32 Å². The summed E-state index contributed by atoms with van der Waals surface area (Å²) in [6.45, 7) is 2.87. The molecule has 17 heavy (non-hydrogen) atoms. The molecule has 1 nitrogen and oxygen atoms in total. The molecule has 1 saturated carbocycles. The molecular weight excluding hydrogens is 237 g/mol. The Bertz CT molecular complexity index is 388. The van der Waals surface area contributed by atoms with Gasteiger partial charge >= 0.3 is 0 Å². The third-order valence-corrected chi connectivity index (χ3v) is 3.56. The van der Waals surface area contributed by atoms with E-state index in [9.17, 15) is 4.39 Å². The lowest BCUT2D eigenvalue weighted by molar-refractivity contribution is 0.611. The standard InChI is InChI=1S/C14H19ClFN/c1-10-8-11(13(15)9-14(10)16)4-2-3-7-17-12-5-6-12/h8-9,12,17H,2-7H2,1H3. The summed E-state index contributed by atoms with van der Waals surface area (Å²) >= 11 is 6.02. The van der Waals surface area contributed by atoms with Crippen molar-refractivity contribution < 1.29 is 4.39 Å². The van der Waals surface area contributed by atoms with E-state index in [1.54, 1.807) is 6.92 Å². The van der Waals surface area contributed by atoms with Crippen LogP contribution in [0.2, 0.25) is 5.02 Å². The molecule has 0 bridgehead atoms. The molecule has 1 aromatic carbocycles. The highest BCUT2D eigenvalue weighted by molar-refractivity contribution is 6.31. The fourth-order valence-electron chi connectivity index (χ4n) is 1.94. The highest BCUT2D eigenvalue weighted by Gasteiger charge is 2.19. The Kier molecular flexibility index (Phi) is 4.41. The molecular formula is C14H19ClFN. The van der Waals surface area contributed by atoms with E-state index >= 15 is 0 Å². The van der Waals surface area contributed by atoms with Gasteiger partial charge in [-0.3, -0.25) is 0 Å².